The third-order valence-corrected chi connectivity index (χ3v) is 2.44. The molecule has 0 aromatic rings. The van der Waals surface area contributed by atoms with Crippen molar-refractivity contribution in [2.75, 3.05) is 26.7 Å². The molecular formula is C8H18N2. The summed E-state index contributed by atoms with van der Waals surface area (Å²) in [6, 6.07) is 0. The molecule has 60 valence electrons. The van der Waals surface area contributed by atoms with E-state index < -0.39 is 0 Å². The third-order valence-electron chi connectivity index (χ3n) is 2.44. The summed E-state index contributed by atoms with van der Waals surface area (Å²) >= 11 is 0. The van der Waals surface area contributed by atoms with Crippen LogP contribution in [0, 0.1) is 0 Å². The van der Waals surface area contributed by atoms with Gasteiger partial charge in [0.25, 0.3) is 0 Å². The summed E-state index contributed by atoms with van der Waals surface area (Å²) in [5.41, 5.74) is 0.368. The van der Waals surface area contributed by atoms with Gasteiger partial charge in [0.15, 0.2) is 0 Å². The highest BCUT2D eigenvalue weighted by Crippen LogP contribution is 2.12. The number of rotatable bonds is 1. The van der Waals surface area contributed by atoms with Gasteiger partial charge in [-0.2, -0.15) is 0 Å². The number of nitrogens with one attached hydrogen (secondary N) is 1. The lowest BCUT2D eigenvalue weighted by molar-refractivity contribution is 0.167. The molecule has 1 fully saturated rings. The highest BCUT2D eigenvalue weighted by molar-refractivity contribution is 4.88. The molecule has 2 nitrogen and oxygen atoms in total. The van der Waals surface area contributed by atoms with Crippen LogP contribution in [-0.2, 0) is 0 Å². The van der Waals surface area contributed by atoms with Crippen LogP contribution in [0.5, 0.6) is 0 Å². The highest BCUT2D eigenvalue weighted by Gasteiger charge is 2.26. The molecule has 1 aliphatic heterocycles. The topological polar surface area (TPSA) is 15.3 Å². The fraction of sp³-hybridized carbons (Fsp3) is 1.00. The molecule has 1 aliphatic rings. The first-order valence-electron chi connectivity index (χ1n) is 4.10. The molecule has 1 heterocycles. The Morgan fingerprint density at radius 1 is 1.60 bits per heavy atom. The van der Waals surface area contributed by atoms with Crippen LogP contribution in [0.15, 0.2) is 0 Å². The molecule has 0 aliphatic carbocycles. The van der Waals surface area contributed by atoms with Crippen LogP contribution in [0.1, 0.15) is 20.3 Å². The maximum absolute atomic E-state index is 3.53. The molecule has 0 radical (unpaired) electrons. The molecular weight excluding hydrogens is 124 g/mol. The van der Waals surface area contributed by atoms with Crippen molar-refractivity contribution in [1.29, 1.82) is 0 Å². The van der Waals surface area contributed by atoms with E-state index in [1.54, 1.807) is 0 Å². The van der Waals surface area contributed by atoms with E-state index in [1.165, 1.54) is 19.5 Å². The predicted molar refractivity (Wildman–Crippen MR) is 44.2 cm³/mol. The Balaban J connectivity index is 2.45. The van der Waals surface area contributed by atoms with Gasteiger partial charge >= 0.3 is 0 Å². The molecule has 0 spiro atoms. The number of hydrogen-bond acceptors (Lipinski definition) is 2. The summed E-state index contributed by atoms with van der Waals surface area (Å²) in [6.07, 6.45) is 1.22. The first-order valence-corrected chi connectivity index (χ1v) is 4.10. The molecule has 2 heteroatoms. The second-order valence-electron chi connectivity index (χ2n) is 3.58. The molecule has 1 saturated heterocycles. The first kappa shape index (κ1) is 8.02. The van der Waals surface area contributed by atoms with Gasteiger partial charge in [0, 0.05) is 25.2 Å². The minimum atomic E-state index is 0.368. The van der Waals surface area contributed by atoms with Gasteiger partial charge in [-0.1, -0.05) is 6.92 Å². The quantitative estimate of drug-likeness (QED) is 0.579. The van der Waals surface area contributed by atoms with Gasteiger partial charge in [-0.25, -0.2) is 0 Å². The van der Waals surface area contributed by atoms with Gasteiger partial charge in [-0.05, 0) is 20.4 Å². The summed E-state index contributed by atoms with van der Waals surface area (Å²) in [6.45, 7) is 8.05. The average molecular weight is 142 g/mol. The van der Waals surface area contributed by atoms with Gasteiger partial charge in [0.2, 0.25) is 0 Å². The Morgan fingerprint density at radius 2 is 2.30 bits per heavy atom. The Kier molecular flexibility index (Phi) is 2.32. The van der Waals surface area contributed by atoms with Crippen LogP contribution in [0.25, 0.3) is 0 Å². The van der Waals surface area contributed by atoms with Crippen LogP contribution in [0.3, 0.4) is 0 Å². The molecule has 10 heavy (non-hydrogen) atoms. The summed E-state index contributed by atoms with van der Waals surface area (Å²) < 4.78 is 0. The van der Waals surface area contributed by atoms with Crippen LogP contribution < -0.4 is 5.32 Å². The van der Waals surface area contributed by atoms with Crippen molar-refractivity contribution in [3.63, 3.8) is 0 Å². The van der Waals surface area contributed by atoms with E-state index in [0.29, 0.717) is 5.54 Å². The van der Waals surface area contributed by atoms with Gasteiger partial charge in [0.1, 0.15) is 0 Å². The van der Waals surface area contributed by atoms with Crippen molar-refractivity contribution < 1.29 is 0 Å². The van der Waals surface area contributed by atoms with Gasteiger partial charge < -0.3 is 10.2 Å². The summed E-state index contributed by atoms with van der Waals surface area (Å²) in [7, 11) is 2.19. The van der Waals surface area contributed by atoms with E-state index in [9.17, 15) is 0 Å². The van der Waals surface area contributed by atoms with E-state index in [2.05, 4.69) is 31.1 Å². The Labute approximate surface area is 63.6 Å². The predicted octanol–water partition coefficient (Wildman–Crippen LogP) is 0.690. The third kappa shape index (κ3) is 1.70. The van der Waals surface area contributed by atoms with Crippen molar-refractivity contribution in [1.82, 2.24) is 10.2 Å². The number of piperazine rings is 1. The second-order valence-corrected chi connectivity index (χ2v) is 3.58. The lowest BCUT2D eigenvalue weighted by atomic mass is 9.96. The Morgan fingerprint density at radius 3 is 2.70 bits per heavy atom. The largest absolute Gasteiger partial charge is 0.309 e. The lowest BCUT2D eigenvalue weighted by Gasteiger charge is -2.39. The molecule has 0 aromatic carbocycles. The van der Waals surface area contributed by atoms with Crippen molar-refractivity contribution in [3.8, 4) is 0 Å². The number of likely N-dealkylation sites (N-methyl/N-ethyl adjacent to an activating group) is 1. The second kappa shape index (κ2) is 2.89. The van der Waals surface area contributed by atoms with E-state index in [0.717, 1.165) is 6.54 Å². The zero-order valence-corrected chi connectivity index (χ0v) is 7.28. The van der Waals surface area contributed by atoms with Crippen molar-refractivity contribution in [2.45, 2.75) is 25.8 Å². The SMILES string of the molecule is CCC1(C)CN(C)CCN1. The molecule has 0 saturated carbocycles. The van der Waals surface area contributed by atoms with Crippen LogP contribution in [0.2, 0.25) is 0 Å². The van der Waals surface area contributed by atoms with E-state index in [-0.39, 0.29) is 0 Å². The molecule has 1 rings (SSSR count). The molecule has 1 unspecified atom stereocenters. The Hall–Kier alpha value is -0.0800. The molecule has 0 amide bonds. The van der Waals surface area contributed by atoms with Crippen molar-refractivity contribution in [3.05, 3.63) is 0 Å². The maximum Gasteiger partial charge on any atom is 0.0278 e. The lowest BCUT2D eigenvalue weighted by Crippen LogP contribution is -2.57. The molecule has 0 bridgehead atoms. The zero-order chi connectivity index (χ0) is 7.61. The molecule has 1 atom stereocenters. The minimum Gasteiger partial charge on any atom is -0.309 e. The highest BCUT2D eigenvalue weighted by atomic mass is 15.2. The minimum absolute atomic E-state index is 0.368. The number of hydrogen-bond donors (Lipinski definition) is 1. The first-order chi connectivity index (χ1) is 4.66. The molecule has 1 N–H and O–H groups in total. The Bertz CT molecular complexity index is 114. The summed E-state index contributed by atoms with van der Waals surface area (Å²) in [5.74, 6) is 0. The van der Waals surface area contributed by atoms with Gasteiger partial charge in [-0.3, -0.25) is 0 Å². The fourth-order valence-corrected chi connectivity index (χ4v) is 1.52. The van der Waals surface area contributed by atoms with E-state index >= 15 is 0 Å². The van der Waals surface area contributed by atoms with Crippen molar-refractivity contribution in [2.24, 2.45) is 0 Å². The summed E-state index contributed by atoms with van der Waals surface area (Å²) in [4.78, 5) is 2.39. The van der Waals surface area contributed by atoms with Gasteiger partial charge in [-0.15, -0.1) is 0 Å². The smallest absolute Gasteiger partial charge is 0.0278 e. The van der Waals surface area contributed by atoms with Crippen LogP contribution in [0.4, 0.5) is 0 Å². The monoisotopic (exact) mass is 142 g/mol. The standard InChI is InChI=1S/C8H18N2/c1-4-8(2)7-10(3)6-5-9-8/h9H,4-7H2,1-3H3. The summed E-state index contributed by atoms with van der Waals surface area (Å²) in [5, 5.41) is 3.53. The number of nitrogens with zero attached hydrogens (tertiary/aromatic N) is 1. The van der Waals surface area contributed by atoms with Crippen LogP contribution >= 0.6 is 0 Å². The van der Waals surface area contributed by atoms with Gasteiger partial charge in [0.05, 0.1) is 0 Å². The fourth-order valence-electron chi connectivity index (χ4n) is 1.52. The van der Waals surface area contributed by atoms with E-state index in [1.807, 2.05) is 0 Å². The van der Waals surface area contributed by atoms with Crippen LogP contribution in [-0.4, -0.2) is 37.1 Å². The average Bonchev–Trinajstić information content (AvgIpc) is 1.88. The van der Waals surface area contributed by atoms with Crippen molar-refractivity contribution >= 4 is 0 Å². The maximum atomic E-state index is 3.53. The van der Waals surface area contributed by atoms with E-state index in [4.69, 9.17) is 0 Å². The molecule has 0 aromatic heterocycles. The normalized spacial score (nSPS) is 36.3. The zero-order valence-electron chi connectivity index (χ0n) is 7.28.